The van der Waals surface area contributed by atoms with Crippen LogP contribution in [0.4, 0.5) is 5.13 Å². The molecular weight excluding hydrogens is 338 g/mol. The second-order valence-corrected chi connectivity index (χ2v) is 6.60. The van der Waals surface area contributed by atoms with E-state index in [2.05, 4.69) is 22.4 Å². The summed E-state index contributed by atoms with van der Waals surface area (Å²) < 4.78 is 11.1. The van der Waals surface area contributed by atoms with Gasteiger partial charge in [0.15, 0.2) is 11.5 Å². The zero-order valence-corrected chi connectivity index (χ0v) is 15.6. The Morgan fingerprint density at radius 1 is 1.28 bits per heavy atom. The number of nitrogens with zero attached hydrogens (tertiary/aromatic N) is 2. The van der Waals surface area contributed by atoms with Crippen molar-refractivity contribution in [2.45, 2.75) is 33.1 Å². The molecule has 25 heavy (non-hydrogen) atoms. The number of carbonyl (C=O) groups excluding carboxylic acids is 1. The summed E-state index contributed by atoms with van der Waals surface area (Å²) in [6.07, 6.45) is 6.49. The smallest absolute Gasteiger partial charge is 0.250 e. The molecule has 0 aliphatic heterocycles. The van der Waals surface area contributed by atoms with Crippen molar-refractivity contribution in [2.75, 3.05) is 19.0 Å². The lowest BCUT2D eigenvalue weighted by molar-refractivity contribution is -0.111. The van der Waals surface area contributed by atoms with Crippen LogP contribution >= 0.6 is 11.3 Å². The van der Waals surface area contributed by atoms with Crippen LogP contribution in [0.3, 0.4) is 0 Å². The quantitative estimate of drug-likeness (QED) is 0.538. The summed E-state index contributed by atoms with van der Waals surface area (Å²) in [6.45, 7) is 4.66. The van der Waals surface area contributed by atoms with Crippen molar-refractivity contribution in [3.05, 3.63) is 34.8 Å². The van der Waals surface area contributed by atoms with Gasteiger partial charge in [0, 0.05) is 6.08 Å². The number of carbonyl (C=O) groups is 1. The Morgan fingerprint density at radius 2 is 2.12 bits per heavy atom. The molecule has 0 atom stereocenters. The average Bonchev–Trinajstić information content (AvgIpc) is 3.02. The lowest BCUT2D eigenvalue weighted by Gasteiger charge is -2.11. The largest absolute Gasteiger partial charge is 0.493 e. The van der Waals surface area contributed by atoms with Gasteiger partial charge in [0.2, 0.25) is 11.0 Å². The first kappa shape index (κ1) is 18.9. The first-order chi connectivity index (χ1) is 12.1. The van der Waals surface area contributed by atoms with Crippen molar-refractivity contribution in [3.8, 4) is 11.5 Å². The minimum Gasteiger partial charge on any atom is -0.493 e. The SMILES string of the molecule is CCCCCOc1ccc(/C=C/C(=O)Nc2nnc(C)s2)cc1OC. The normalized spacial score (nSPS) is 10.8. The van der Waals surface area contributed by atoms with Crippen LogP contribution in [0, 0.1) is 6.92 Å². The summed E-state index contributed by atoms with van der Waals surface area (Å²) in [5.41, 5.74) is 0.848. The molecule has 134 valence electrons. The number of nitrogens with one attached hydrogen (secondary N) is 1. The third-order valence-electron chi connectivity index (χ3n) is 3.38. The molecule has 0 fully saturated rings. The molecule has 1 heterocycles. The van der Waals surface area contributed by atoms with Gasteiger partial charge in [0.05, 0.1) is 13.7 Å². The molecule has 0 saturated carbocycles. The second-order valence-electron chi connectivity index (χ2n) is 5.41. The van der Waals surface area contributed by atoms with Crippen molar-refractivity contribution in [1.29, 1.82) is 0 Å². The monoisotopic (exact) mass is 361 g/mol. The van der Waals surface area contributed by atoms with Crippen LogP contribution in [0.1, 0.15) is 36.8 Å². The molecule has 0 bridgehead atoms. The molecule has 1 amide bonds. The van der Waals surface area contributed by atoms with Crippen LogP contribution in [0.25, 0.3) is 6.08 Å². The van der Waals surface area contributed by atoms with Crippen LogP contribution in [-0.2, 0) is 4.79 Å². The lowest BCUT2D eigenvalue weighted by Crippen LogP contribution is -2.07. The molecule has 0 spiro atoms. The van der Waals surface area contributed by atoms with Gasteiger partial charge in [0.25, 0.3) is 0 Å². The van der Waals surface area contributed by atoms with Gasteiger partial charge >= 0.3 is 0 Å². The van der Waals surface area contributed by atoms with E-state index in [-0.39, 0.29) is 5.91 Å². The number of amides is 1. The maximum absolute atomic E-state index is 11.9. The predicted molar refractivity (Wildman–Crippen MR) is 100 cm³/mol. The zero-order valence-electron chi connectivity index (χ0n) is 14.7. The molecule has 7 heteroatoms. The maximum atomic E-state index is 11.9. The fourth-order valence-electron chi connectivity index (χ4n) is 2.11. The summed E-state index contributed by atoms with van der Waals surface area (Å²) in [7, 11) is 1.60. The number of ether oxygens (including phenoxy) is 2. The van der Waals surface area contributed by atoms with E-state index < -0.39 is 0 Å². The summed E-state index contributed by atoms with van der Waals surface area (Å²) in [5, 5.41) is 11.7. The van der Waals surface area contributed by atoms with E-state index in [0.29, 0.717) is 23.2 Å². The predicted octanol–water partition coefficient (Wildman–Crippen LogP) is 4.08. The van der Waals surface area contributed by atoms with E-state index in [4.69, 9.17) is 9.47 Å². The molecule has 2 rings (SSSR count). The zero-order chi connectivity index (χ0) is 18.1. The van der Waals surface area contributed by atoms with E-state index in [0.717, 1.165) is 29.8 Å². The molecule has 1 aromatic carbocycles. The minimum absolute atomic E-state index is 0.255. The molecule has 2 aromatic rings. The van der Waals surface area contributed by atoms with Gasteiger partial charge in [-0.3, -0.25) is 10.1 Å². The van der Waals surface area contributed by atoms with E-state index in [1.807, 2.05) is 25.1 Å². The second kappa shape index (κ2) is 9.78. The van der Waals surface area contributed by atoms with Gasteiger partial charge in [-0.25, -0.2) is 0 Å². The van der Waals surface area contributed by atoms with Gasteiger partial charge < -0.3 is 9.47 Å². The third-order valence-corrected chi connectivity index (χ3v) is 4.13. The third kappa shape index (κ3) is 6.19. The Morgan fingerprint density at radius 3 is 2.80 bits per heavy atom. The van der Waals surface area contributed by atoms with Crippen LogP contribution in [0.5, 0.6) is 11.5 Å². The Hall–Kier alpha value is -2.41. The number of hydrogen-bond acceptors (Lipinski definition) is 6. The van der Waals surface area contributed by atoms with Crippen molar-refractivity contribution >= 4 is 28.5 Å². The van der Waals surface area contributed by atoms with Crippen molar-refractivity contribution < 1.29 is 14.3 Å². The Kier molecular flexibility index (Phi) is 7.40. The summed E-state index contributed by atoms with van der Waals surface area (Å²) >= 11 is 1.33. The fourth-order valence-corrected chi connectivity index (χ4v) is 2.70. The molecule has 0 aliphatic carbocycles. The van der Waals surface area contributed by atoms with Crippen molar-refractivity contribution in [3.63, 3.8) is 0 Å². The fraction of sp³-hybridized carbons (Fsp3) is 0.389. The van der Waals surface area contributed by atoms with Crippen LogP contribution in [0.15, 0.2) is 24.3 Å². The highest BCUT2D eigenvalue weighted by molar-refractivity contribution is 7.15. The number of benzene rings is 1. The maximum Gasteiger partial charge on any atom is 0.250 e. The number of anilines is 1. The molecular formula is C18H23N3O3S. The summed E-state index contributed by atoms with van der Waals surface area (Å²) in [5.74, 6) is 1.11. The average molecular weight is 361 g/mol. The summed E-state index contributed by atoms with van der Waals surface area (Å²) in [6, 6.07) is 5.58. The molecule has 0 saturated heterocycles. The Balaban J connectivity index is 1.95. The molecule has 1 aromatic heterocycles. The molecule has 6 nitrogen and oxygen atoms in total. The first-order valence-corrected chi connectivity index (χ1v) is 9.04. The minimum atomic E-state index is -0.255. The highest BCUT2D eigenvalue weighted by Crippen LogP contribution is 2.28. The number of hydrogen-bond donors (Lipinski definition) is 1. The van der Waals surface area contributed by atoms with Crippen molar-refractivity contribution in [1.82, 2.24) is 10.2 Å². The summed E-state index contributed by atoms with van der Waals surface area (Å²) in [4.78, 5) is 11.9. The highest BCUT2D eigenvalue weighted by Gasteiger charge is 2.06. The molecule has 1 N–H and O–H groups in total. The van der Waals surface area contributed by atoms with Gasteiger partial charge in [0.1, 0.15) is 5.01 Å². The Bertz CT molecular complexity index is 728. The molecule has 0 unspecified atom stereocenters. The lowest BCUT2D eigenvalue weighted by atomic mass is 10.2. The van der Waals surface area contributed by atoms with E-state index in [1.54, 1.807) is 13.2 Å². The van der Waals surface area contributed by atoms with E-state index in [1.165, 1.54) is 17.4 Å². The number of aromatic nitrogens is 2. The van der Waals surface area contributed by atoms with Crippen LogP contribution in [-0.4, -0.2) is 29.8 Å². The van der Waals surface area contributed by atoms with Gasteiger partial charge in [-0.1, -0.05) is 37.2 Å². The van der Waals surface area contributed by atoms with Crippen LogP contribution < -0.4 is 14.8 Å². The number of unbranched alkanes of at least 4 members (excludes halogenated alkanes) is 2. The number of methoxy groups -OCH3 is 1. The van der Waals surface area contributed by atoms with Gasteiger partial charge in [-0.2, -0.15) is 0 Å². The highest BCUT2D eigenvalue weighted by atomic mass is 32.1. The number of aryl methyl sites for hydroxylation is 1. The van der Waals surface area contributed by atoms with Crippen molar-refractivity contribution in [2.24, 2.45) is 0 Å². The topological polar surface area (TPSA) is 73.3 Å². The number of rotatable bonds is 9. The molecule has 0 radical (unpaired) electrons. The Labute approximate surface area is 151 Å². The first-order valence-electron chi connectivity index (χ1n) is 8.22. The van der Waals surface area contributed by atoms with E-state index in [9.17, 15) is 4.79 Å². The standard InChI is InChI=1S/C18H23N3O3S/c1-4-5-6-11-24-15-9-7-14(12-16(15)23-3)8-10-17(22)19-18-21-20-13(2)25-18/h7-10,12H,4-6,11H2,1-3H3,(H,19,21,22)/b10-8+. The van der Waals surface area contributed by atoms with Crippen LogP contribution in [0.2, 0.25) is 0 Å². The molecule has 0 aliphatic rings. The van der Waals surface area contributed by atoms with Gasteiger partial charge in [-0.05, 0) is 37.1 Å². The van der Waals surface area contributed by atoms with Gasteiger partial charge in [-0.15, -0.1) is 10.2 Å². The van der Waals surface area contributed by atoms with E-state index >= 15 is 0 Å².